The summed E-state index contributed by atoms with van der Waals surface area (Å²) in [4.78, 5) is 0. The normalized spacial score (nSPS) is 11.7. The molecule has 0 amide bonds. The van der Waals surface area contributed by atoms with Crippen LogP contribution in [-0.4, -0.2) is 22.6 Å². The van der Waals surface area contributed by atoms with Crippen LogP contribution in [0.3, 0.4) is 0 Å². The first-order valence-corrected chi connectivity index (χ1v) is 6.06. The van der Waals surface area contributed by atoms with Crippen molar-refractivity contribution in [2.45, 2.75) is 31.9 Å². The Morgan fingerprint density at radius 3 is 2.50 bits per heavy atom. The maximum Gasteiger partial charge on any atom is 0.0966 e. The van der Waals surface area contributed by atoms with Crippen molar-refractivity contribution in [3.8, 4) is 6.07 Å². The van der Waals surface area contributed by atoms with Crippen LogP contribution in [0.15, 0.2) is 0 Å². The van der Waals surface area contributed by atoms with Gasteiger partial charge in [0.1, 0.15) is 0 Å². The third kappa shape index (κ3) is 5.76. The van der Waals surface area contributed by atoms with E-state index in [1.807, 2.05) is 22.1 Å². The lowest BCUT2D eigenvalue weighted by atomic mass is 10.1. The molecule has 0 N–H and O–H groups in total. The van der Waals surface area contributed by atoms with E-state index in [0.717, 1.165) is 6.42 Å². The molecule has 0 fully saturated rings. The molecule has 0 atom stereocenters. The molecule has 0 aromatic carbocycles. The van der Waals surface area contributed by atoms with Gasteiger partial charge < -0.3 is 0 Å². The lowest BCUT2D eigenvalue weighted by Crippen LogP contribution is -2.14. The highest BCUT2D eigenvalue weighted by Gasteiger charge is 2.17. The second-order valence-electron chi connectivity index (χ2n) is 3.22. The molecule has 0 aromatic rings. The number of hydrogen-bond donors (Lipinski definition) is 0. The minimum Gasteiger partial charge on any atom is -0.230 e. The minimum atomic E-state index is 0.300. The van der Waals surface area contributed by atoms with Gasteiger partial charge in [0.25, 0.3) is 0 Å². The Hall–Kier alpha value is 0.150. The van der Waals surface area contributed by atoms with Crippen LogP contribution in [-0.2, 0) is 0 Å². The minimum absolute atomic E-state index is 0.300. The highest BCUT2D eigenvalue weighted by Crippen LogP contribution is 2.38. The van der Waals surface area contributed by atoms with Crippen LogP contribution in [0, 0.1) is 11.3 Å². The van der Waals surface area contributed by atoms with Gasteiger partial charge in [-0.25, -0.2) is 4.31 Å². The summed E-state index contributed by atoms with van der Waals surface area (Å²) in [5, 5.41) is 8.41. The third-order valence-corrected chi connectivity index (χ3v) is 5.07. The first-order chi connectivity index (χ1) is 5.52. The number of nitriles is 1. The van der Waals surface area contributed by atoms with Gasteiger partial charge in [0, 0.05) is 4.75 Å². The summed E-state index contributed by atoms with van der Waals surface area (Å²) in [7, 11) is 5.42. The molecule has 0 unspecified atom stereocenters. The molecule has 0 radical (unpaired) electrons. The van der Waals surface area contributed by atoms with Crippen LogP contribution < -0.4 is 0 Å². The average Bonchev–Trinajstić information content (AvgIpc) is 2.02. The Morgan fingerprint density at radius 2 is 2.08 bits per heavy atom. The van der Waals surface area contributed by atoms with E-state index in [0.29, 0.717) is 11.3 Å². The summed E-state index contributed by atoms with van der Waals surface area (Å²) in [5.74, 6) is 0. The predicted molar refractivity (Wildman–Crippen MR) is 57.8 cm³/mol. The Balaban J connectivity index is 3.61. The first-order valence-electron chi connectivity index (χ1n) is 3.95. The molecule has 70 valence electrons. The summed E-state index contributed by atoms with van der Waals surface area (Å²) >= 11 is 0. The zero-order chi connectivity index (χ0) is 9.61. The van der Waals surface area contributed by atoms with Crippen molar-refractivity contribution in [2.75, 3.05) is 13.6 Å². The van der Waals surface area contributed by atoms with E-state index in [2.05, 4.69) is 26.8 Å². The van der Waals surface area contributed by atoms with Gasteiger partial charge in [-0.3, -0.25) is 0 Å². The summed E-state index contributed by atoms with van der Waals surface area (Å²) in [5.41, 5.74) is 0. The monoisotopic (exact) mass is 204 g/mol. The van der Waals surface area contributed by atoms with E-state index in [9.17, 15) is 0 Å². The highest BCUT2D eigenvalue weighted by molar-refractivity contribution is 8.76. The van der Waals surface area contributed by atoms with Crippen molar-refractivity contribution in [1.29, 1.82) is 5.26 Å². The fraction of sp³-hybridized carbons (Fsp3) is 0.875. The Morgan fingerprint density at radius 1 is 1.50 bits per heavy atom. The average molecular weight is 204 g/mol. The van der Waals surface area contributed by atoms with Crippen LogP contribution in [0.4, 0.5) is 0 Å². The first kappa shape index (κ1) is 12.2. The van der Waals surface area contributed by atoms with Crippen LogP contribution in [0.1, 0.15) is 27.2 Å². The van der Waals surface area contributed by atoms with E-state index >= 15 is 0 Å². The molecular formula is C8H16N2S2. The molecule has 0 aliphatic heterocycles. The van der Waals surface area contributed by atoms with Crippen LogP contribution in [0.25, 0.3) is 0 Å². The van der Waals surface area contributed by atoms with Crippen molar-refractivity contribution in [3.63, 3.8) is 0 Å². The van der Waals surface area contributed by atoms with Gasteiger partial charge in [-0.2, -0.15) is 5.26 Å². The smallest absolute Gasteiger partial charge is 0.0966 e. The predicted octanol–water partition coefficient (Wildman–Crippen LogP) is 2.93. The molecule has 0 spiro atoms. The largest absolute Gasteiger partial charge is 0.230 e. The summed E-state index contributed by atoms with van der Waals surface area (Å²) in [6, 6.07) is 2.11. The summed E-state index contributed by atoms with van der Waals surface area (Å²) in [6.07, 6.45) is 1.14. The molecule has 2 nitrogen and oxygen atoms in total. The van der Waals surface area contributed by atoms with Crippen molar-refractivity contribution in [3.05, 3.63) is 0 Å². The van der Waals surface area contributed by atoms with Gasteiger partial charge in [-0.05, 0) is 38.3 Å². The Bertz CT molecular complexity index is 163. The zero-order valence-electron chi connectivity index (χ0n) is 8.13. The van der Waals surface area contributed by atoms with Crippen LogP contribution >= 0.6 is 21.8 Å². The van der Waals surface area contributed by atoms with E-state index in [1.165, 1.54) is 0 Å². The van der Waals surface area contributed by atoms with E-state index in [1.54, 1.807) is 11.0 Å². The molecular weight excluding hydrogens is 188 g/mol. The number of rotatable bonds is 5. The van der Waals surface area contributed by atoms with Gasteiger partial charge in [-0.1, -0.05) is 17.7 Å². The van der Waals surface area contributed by atoms with E-state index in [-0.39, 0.29) is 0 Å². The molecule has 0 aliphatic rings. The summed E-state index contributed by atoms with van der Waals surface area (Å²) in [6.45, 7) is 7.09. The lowest BCUT2D eigenvalue weighted by molar-refractivity contribution is 0.647. The Kier molecular flexibility index (Phi) is 5.81. The zero-order valence-corrected chi connectivity index (χ0v) is 9.76. The van der Waals surface area contributed by atoms with Crippen LogP contribution in [0.2, 0.25) is 0 Å². The maximum atomic E-state index is 8.41. The van der Waals surface area contributed by atoms with Crippen molar-refractivity contribution in [1.82, 2.24) is 4.31 Å². The van der Waals surface area contributed by atoms with Gasteiger partial charge >= 0.3 is 0 Å². The fourth-order valence-corrected chi connectivity index (χ4v) is 2.41. The molecule has 0 heterocycles. The summed E-state index contributed by atoms with van der Waals surface area (Å²) < 4.78 is 2.25. The highest BCUT2D eigenvalue weighted by atomic mass is 33.1. The second kappa shape index (κ2) is 5.74. The number of hydrogen-bond acceptors (Lipinski definition) is 4. The maximum absolute atomic E-state index is 8.41. The second-order valence-corrected chi connectivity index (χ2v) is 6.21. The fourth-order valence-electron chi connectivity index (χ4n) is 0.349. The van der Waals surface area contributed by atoms with Gasteiger partial charge in [0.2, 0.25) is 0 Å². The molecule has 0 aliphatic carbocycles. The molecule has 4 heteroatoms. The molecule has 12 heavy (non-hydrogen) atoms. The van der Waals surface area contributed by atoms with Crippen molar-refractivity contribution in [2.24, 2.45) is 0 Å². The van der Waals surface area contributed by atoms with E-state index < -0.39 is 0 Å². The van der Waals surface area contributed by atoms with Gasteiger partial charge in [-0.15, -0.1) is 0 Å². The molecule has 0 bridgehead atoms. The third-order valence-electron chi connectivity index (χ3n) is 1.53. The number of nitrogens with zero attached hydrogens (tertiary/aromatic N) is 2. The molecule has 0 saturated heterocycles. The molecule has 0 aromatic heterocycles. The molecule has 0 saturated carbocycles. The van der Waals surface area contributed by atoms with Crippen molar-refractivity contribution >= 4 is 21.8 Å². The Labute approximate surface area is 83.2 Å². The SMILES string of the molecule is CCC(C)(C)SSN(C)CC#N. The quantitative estimate of drug-likeness (QED) is 0.391. The van der Waals surface area contributed by atoms with E-state index in [4.69, 9.17) is 5.26 Å². The van der Waals surface area contributed by atoms with Crippen molar-refractivity contribution < 1.29 is 0 Å². The topological polar surface area (TPSA) is 27.0 Å². The lowest BCUT2D eigenvalue weighted by Gasteiger charge is -2.22. The van der Waals surface area contributed by atoms with Gasteiger partial charge in [0.15, 0.2) is 0 Å². The standard InChI is InChI=1S/C8H16N2S2/c1-5-8(2,3)11-12-10(4)7-6-9/h5,7H2,1-4H3. The molecule has 0 rings (SSSR count). The van der Waals surface area contributed by atoms with Gasteiger partial charge in [0.05, 0.1) is 12.6 Å². The van der Waals surface area contributed by atoms with Crippen LogP contribution in [0.5, 0.6) is 0 Å².